The van der Waals surface area contributed by atoms with E-state index in [9.17, 15) is 0 Å². The van der Waals surface area contributed by atoms with Crippen LogP contribution in [0.3, 0.4) is 0 Å². The van der Waals surface area contributed by atoms with E-state index in [-0.39, 0.29) is 24.0 Å². The summed E-state index contributed by atoms with van der Waals surface area (Å²) in [4.78, 5) is 4.17. The maximum Gasteiger partial charge on any atom is 0.191 e. The monoisotopic (exact) mass is 395 g/mol. The van der Waals surface area contributed by atoms with Gasteiger partial charge in [0.2, 0.25) is 0 Å². The van der Waals surface area contributed by atoms with Crippen molar-refractivity contribution in [2.24, 2.45) is 10.9 Å². The van der Waals surface area contributed by atoms with Gasteiger partial charge in [-0.25, -0.2) is 0 Å². The second-order valence-corrected chi connectivity index (χ2v) is 5.00. The van der Waals surface area contributed by atoms with Crippen molar-refractivity contribution in [2.75, 3.05) is 26.7 Å². The largest absolute Gasteiger partial charge is 0.378 e. The highest BCUT2D eigenvalue weighted by Crippen LogP contribution is 2.30. The van der Waals surface area contributed by atoms with Crippen molar-refractivity contribution in [1.29, 1.82) is 0 Å². The van der Waals surface area contributed by atoms with E-state index in [0.29, 0.717) is 6.10 Å². The summed E-state index contributed by atoms with van der Waals surface area (Å²) in [6.45, 7) is 8.21. The van der Waals surface area contributed by atoms with Gasteiger partial charge in [-0.1, -0.05) is 18.9 Å². The van der Waals surface area contributed by atoms with Crippen molar-refractivity contribution in [3.8, 4) is 0 Å². The molecule has 1 atom stereocenters. The highest BCUT2D eigenvalue weighted by atomic mass is 127. The Hall–Kier alpha value is -0.300. The molecule has 1 unspecified atom stereocenters. The van der Waals surface area contributed by atoms with Crippen LogP contribution in [0.25, 0.3) is 0 Å². The summed E-state index contributed by atoms with van der Waals surface area (Å²) < 4.78 is 5.91. The van der Waals surface area contributed by atoms with Crippen LogP contribution in [0.1, 0.15) is 39.0 Å². The van der Waals surface area contributed by atoms with E-state index in [4.69, 9.17) is 4.74 Å². The topological polar surface area (TPSA) is 45.7 Å². The van der Waals surface area contributed by atoms with Crippen molar-refractivity contribution >= 4 is 29.9 Å². The normalized spacial score (nSPS) is 17.4. The van der Waals surface area contributed by atoms with Gasteiger partial charge in [0.05, 0.1) is 6.10 Å². The number of rotatable bonds is 8. The molecule has 0 saturated heterocycles. The average molecular weight is 395 g/mol. The number of aliphatic imine (C=N–C) groups is 1. The quantitative estimate of drug-likeness (QED) is 0.288. The Labute approximate surface area is 140 Å². The zero-order chi connectivity index (χ0) is 13.9. The molecule has 118 valence electrons. The number of ether oxygens (including phenoxy) is 1. The molecule has 2 N–H and O–H groups in total. The Bertz CT molecular complexity index is 278. The van der Waals surface area contributed by atoms with Crippen molar-refractivity contribution in [1.82, 2.24) is 10.6 Å². The Kier molecular flexibility index (Phi) is 12.3. The third-order valence-corrected chi connectivity index (χ3v) is 3.67. The van der Waals surface area contributed by atoms with Crippen LogP contribution in [0.2, 0.25) is 0 Å². The van der Waals surface area contributed by atoms with Gasteiger partial charge in [0.1, 0.15) is 0 Å². The van der Waals surface area contributed by atoms with E-state index in [1.54, 1.807) is 7.05 Å². The summed E-state index contributed by atoms with van der Waals surface area (Å²) in [7, 11) is 1.79. The first-order valence-corrected chi connectivity index (χ1v) is 7.48. The van der Waals surface area contributed by atoms with Crippen LogP contribution >= 0.6 is 24.0 Å². The van der Waals surface area contributed by atoms with E-state index < -0.39 is 0 Å². The fraction of sp³-hybridized carbons (Fsp3) is 0.800. The Morgan fingerprint density at radius 2 is 2.10 bits per heavy atom. The van der Waals surface area contributed by atoms with E-state index in [2.05, 4.69) is 29.1 Å². The zero-order valence-corrected chi connectivity index (χ0v) is 15.2. The zero-order valence-electron chi connectivity index (χ0n) is 12.9. The van der Waals surface area contributed by atoms with Gasteiger partial charge in [0.25, 0.3) is 0 Å². The van der Waals surface area contributed by atoms with E-state index >= 15 is 0 Å². The predicted octanol–water partition coefficient (Wildman–Crippen LogP) is 2.94. The molecule has 0 aliphatic heterocycles. The lowest BCUT2D eigenvalue weighted by Crippen LogP contribution is -2.39. The van der Waals surface area contributed by atoms with Gasteiger partial charge in [-0.05, 0) is 32.1 Å². The van der Waals surface area contributed by atoms with Gasteiger partial charge >= 0.3 is 0 Å². The molecule has 1 aliphatic carbocycles. The van der Waals surface area contributed by atoms with Crippen LogP contribution in [-0.4, -0.2) is 38.8 Å². The molecule has 0 aromatic rings. The third kappa shape index (κ3) is 7.47. The maximum atomic E-state index is 5.91. The van der Waals surface area contributed by atoms with Gasteiger partial charge in [-0.15, -0.1) is 30.6 Å². The first-order chi connectivity index (χ1) is 9.31. The number of hydrogen-bond donors (Lipinski definition) is 2. The second-order valence-electron chi connectivity index (χ2n) is 5.00. The molecule has 0 heterocycles. The average Bonchev–Trinajstić information content (AvgIpc) is 2.95. The fourth-order valence-corrected chi connectivity index (χ4v) is 2.72. The Morgan fingerprint density at radius 1 is 1.40 bits per heavy atom. The molecule has 1 rings (SSSR count). The summed E-state index contributed by atoms with van der Waals surface area (Å²) in [5.41, 5.74) is 0. The molecule has 0 amide bonds. The van der Waals surface area contributed by atoms with E-state index in [0.717, 1.165) is 38.0 Å². The number of guanidine groups is 1. The van der Waals surface area contributed by atoms with E-state index in [1.807, 2.05) is 6.08 Å². The van der Waals surface area contributed by atoms with Gasteiger partial charge in [0, 0.05) is 26.7 Å². The molecule has 1 fully saturated rings. The highest BCUT2D eigenvalue weighted by Gasteiger charge is 2.24. The molecule has 1 aliphatic rings. The van der Waals surface area contributed by atoms with Crippen LogP contribution in [-0.2, 0) is 4.74 Å². The molecule has 0 radical (unpaired) electrons. The van der Waals surface area contributed by atoms with Crippen molar-refractivity contribution < 1.29 is 4.74 Å². The first kappa shape index (κ1) is 19.7. The third-order valence-electron chi connectivity index (χ3n) is 3.67. The van der Waals surface area contributed by atoms with Crippen molar-refractivity contribution in [3.63, 3.8) is 0 Å². The minimum absolute atomic E-state index is 0. The molecule has 4 nitrogen and oxygen atoms in total. The van der Waals surface area contributed by atoms with Crippen LogP contribution < -0.4 is 10.6 Å². The Balaban J connectivity index is 0.00000361. The lowest BCUT2D eigenvalue weighted by molar-refractivity contribution is 0.0169. The summed E-state index contributed by atoms with van der Waals surface area (Å²) in [5, 5.41) is 6.50. The number of nitrogens with zero attached hydrogens (tertiary/aromatic N) is 1. The highest BCUT2D eigenvalue weighted by molar-refractivity contribution is 14.0. The molecular formula is C15H30IN3O. The lowest BCUT2D eigenvalue weighted by atomic mass is 9.98. The van der Waals surface area contributed by atoms with Gasteiger partial charge < -0.3 is 15.4 Å². The number of hydrogen-bond acceptors (Lipinski definition) is 2. The molecule has 5 heteroatoms. The standard InChI is InChI=1S/C15H29N3O.HI/c1-4-11-17-15(16-3)18-12-10-14(19-5-2)13-8-6-7-9-13;/h4,13-14H,1,5-12H2,2-3H3,(H2,16,17,18);1H. The second kappa shape index (κ2) is 12.4. The first-order valence-electron chi connectivity index (χ1n) is 7.48. The lowest BCUT2D eigenvalue weighted by Gasteiger charge is -2.23. The fourth-order valence-electron chi connectivity index (χ4n) is 2.72. The van der Waals surface area contributed by atoms with Crippen LogP contribution in [0.5, 0.6) is 0 Å². The predicted molar refractivity (Wildman–Crippen MR) is 97.0 cm³/mol. The van der Waals surface area contributed by atoms with Gasteiger partial charge in [-0.3, -0.25) is 4.99 Å². The molecule has 0 aromatic heterocycles. The summed E-state index contributed by atoms with van der Waals surface area (Å²) in [6, 6.07) is 0. The summed E-state index contributed by atoms with van der Waals surface area (Å²) >= 11 is 0. The van der Waals surface area contributed by atoms with Crippen LogP contribution in [0, 0.1) is 5.92 Å². The van der Waals surface area contributed by atoms with Gasteiger partial charge in [-0.2, -0.15) is 0 Å². The summed E-state index contributed by atoms with van der Waals surface area (Å²) in [5.74, 6) is 1.59. The van der Waals surface area contributed by atoms with Crippen molar-refractivity contribution in [3.05, 3.63) is 12.7 Å². The SMILES string of the molecule is C=CCNC(=NC)NCCC(OCC)C1CCCC1.I. The maximum absolute atomic E-state index is 5.91. The van der Waals surface area contributed by atoms with Crippen molar-refractivity contribution in [2.45, 2.75) is 45.1 Å². The molecule has 0 aromatic carbocycles. The molecule has 0 bridgehead atoms. The molecule has 0 spiro atoms. The van der Waals surface area contributed by atoms with Crippen LogP contribution in [0.4, 0.5) is 0 Å². The molecule has 1 saturated carbocycles. The van der Waals surface area contributed by atoms with E-state index in [1.165, 1.54) is 25.7 Å². The molecule has 20 heavy (non-hydrogen) atoms. The Morgan fingerprint density at radius 3 is 2.65 bits per heavy atom. The summed E-state index contributed by atoms with van der Waals surface area (Å²) in [6.07, 6.45) is 8.66. The number of halogens is 1. The minimum atomic E-state index is 0. The minimum Gasteiger partial charge on any atom is -0.378 e. The van der Waals surface area contributed by atoms with Crippen LogP contribution in [0.15, 0.2) is 17.6 Å². The number of nitrogens with one attached hydrogen (secondary N) is 2. The molecular weight excluding hydrogens is 365 g/mol. The smallest absolute Gasteiger partial charge is 0.191 e. The van der Waals surface area contributed by atoms with Gasteiger partial charge in [0.15, 0.2) is 5.96 Å².